The molecule has 0 unspecified atom stereocenters. The summed E-state index contributed by atoms with van der Waals surface area (Å²) in [6, 6.07) is 5.89. The number of rotatable bonds is 2. The third-order valence-corrected chi connectivity index (χ3v) is 3.34. The van der Waals surface area contributed by atoms with Crippen LogP contribution in [0.3, 0.4) is 0 Å². The molecule has 13 heavy (non-hydrogen) atoms. The zero-order valence-electron chi connectivity index (χ0n) is 7.31. The average molecular weight is 262 g/mol. The fourth-order valence-electron chi connectivity index (χ4n) is 1.54. The van der Waals surface area contributed by atoms with Gasteiger partial charge in [0.05, 0.1) is 5.60 Å². The predicted molar refractivity (Wildman–Crippen MR) is 57.1 cm³/mol. The van der Waals surface area contributed by atoms with Crippen molar-refractivity contribution in [2.24, 2.45) is 0 Å². The Morgan fingerprint density at radius 2 is 2.15 bits per heavy atom. The molecule has 1 nitrogen and oxygen atoms in total. The number of hydrogen-bond donors (Lipinski definition) is 0. The molecule has 70 valence electrons. The molecule has 0 aliphatic heterocycles. The van der Waals surface area contributed by atoms with Gasteiger partial charge in [-0.3, -0.25) is 0 Å². The summed E-state index contributed by atoms with van der Waals surface area (Å²) in [6.45, 7) is 0. The fourth-order valence-corrected chi connectivity index (χ4v) is 2.19. The van der Waals surface area contributed by atoms with Crippen LogP contribution in [-0.2, 0) is 10.3 Å². The van der Waals surface area contributed by atoms with Crippen LogP contribution in [0.1, 0.15) is 18.4 Å². The van der Waals surface area contributed by atoms with Gasteiger partial charge in [-0.15, -0.1) is 0 Å². The Bertz CT molecular complexity index is 334. The highest BCUT2D eigenvalue weighted by Gasteiger charge is 2.46. The van der Waals surface area contributed by atoms with Gasteiger partial charge in [0.15, 0.2) is 0 Å². The summed E-state index contributed by atoms with van der Waals surface area (Å²) in [4.78, 5) is 0. The quantitative estimate of drug-likeness (QED) is 0.788. The number of methoxy groups -OCH3 is 1. The summed E-state index contributed by atoms with van der Waals surface area (Å²) >= 11 is 9.53. The molecule has 0 spiro atoms. The molecule has 0 bridgehead atoms. The van der Waals surface area contributed by atoms with Crippen LogP contribution >= 0.6 is 27.5 Å². The first kappa shape index (κ1) is 9.50. The summed E-state index contributed by atoms with van der Waals surface area (Å²) in [5.74, 6) is 0. The van der Waals surface area contributed by atoms with Crippen LogP contribution in [0.4, 0.5) is 0 Å². The molecule has 3 heteroatoms. The van der Waals surface area contributed by atoms with Gasteiger partial charge in [0, 0.05) is 22.2 Å². The summed E-state index contributed by atoms with van der Waals surface area (Å²) in [6.07, 6.45) is 2.14. The lowest BCUT2D eigenvalue weighted by Crippen LogP contribution is -2.09. The zero-order valence-corrected chi connectivity index (χ0v) is 9.65. The van der Waals surface area contributed by atoms with Gasteiger partial charge >= 0.3 is 0 Å². The van der Waals surface area contributed by atoms with Crippen molar-refractivity contribution >= 4 is 27.5 Å². The average Bonchev–Trinajstić information content (AvgIpc) is 2.90. The van der Waals surface area contributed by atoms with E-state index in [1.807, 2.05) is 18.2 Å². The second-order valence-corrected chi connectivity index (χ2v) is 4.65. The topological polar surface area (TPSA) is 9.23 Å². The van der Waals surface area contributed by atoms with Crippen LogP contribution in [0, 0.1) is 0 Å². The van der Waals surface area contributed by atoms with Gasteiger partial charge < -0.3 is 4.74 Å². The molecule has 1 aromatic carbocycles. The van der Waals surface area contributed by atoms with Crippen molar-refractivity contribution in [3.63, 3.8) is 0 Å². The normalized spacial score (nSPS) is 18.7. The Morgan fingerprint density at radius 1 is 1.46 bits per heavy atom. The van der Waals surface area contributed by atoms with Crippen molar-refractivity contribution in [3.05, 3.63) is 33.3 Å². The highest BCUT2D eigenvalue weighted by Crippen LogP contribution is 2.51. The largest absolute Gasteiger partial charge is 0.373 e. The maximum absolute atomic E-state index is 6.10. The highest BCUT2D eigenvalue weighted by atomic mass is 79.9. The minimum absolute atomic E-state index is 0.0964. The summed E-state index contributed by atoms with van der Waals surface area (Å²) in [7, 11) is 1.74. The van der Waals surface area contributed by atoms with Gasteiger partial charge in [-0.25, -0.2) is 0 Å². The van der Waals surface area contributed by atoms with E-state index in [1.165, 1.54) is 0 Å². The lowest BCUT2D eigenvalue weighted by Gasteiger charge is -2.15. The van der Waals surface area contributed by atoms with Gasteiger partial charge in [0.1, 0.15) is 0 Å². The SMILES string of the molecule is COC1(c2cc(Br)ccc2Cl)CC1. The highest BCUT2D eigenvalue weighted by molar-refractivity contribution is 9.10. The third kappa shape index (κ3) is 1.63. The number of halogens is 2. The van der Waals surface area contributed by atoms with E-state index in [0.29, 0.717) is 0 Å². The molecule has 1 aliphatic carbocycles. The predicted octanol–water partition coefficient (Wildman–Crippen LogP) is 3.74. The van der Waals surface area contributed by atoms with E-state index in [-0.39, 0.29) is 5.60 Å². The Balaban J connectivity index is 2.44. The monoisotopic (exact) mass is 260 g/mol. The van der Waals surface area contributed by atoms with Gasteiger partial charge in [0.25, 0.3) is 0 Å². The van der Waals surface area contributed by atoms with E-state index in [2.05, 4.69) is 15.9 Å². The molecule has 0 atom stereocenters. The van der Waals surface area contributed by atoms with Crippen molar-refractivity contribution in [2.75, 3.05) is 7.11 Å². The molecule has 0 radical (unpaired) electrons. The number of ether oxygens (including phenoxy) is 1. The van der Waals surface area contributed by atoms with Crippen molar-refractivity contribution in [1.82, 2.24) is 0 Å². The van der Waals surface area contributed by atoms with E-state index >= 15 is 0 Å². The van der Waals surface area contributed by atoms with Gasteiger partial charge in [0.2, 0.25) is 0 Å². The van der Waals surface area contributed by atoms with E-state index in [0.717, 1.165) is 27.9 Å². The standard InChI is InChI=1S/C10H10BrClO/c1-13-10(4-5-10)8-6-7(11)2-3-9(8)12/h2-3,6H,4-5H2,1H3. The first-order valence-electron chi connectivity index (χ1n) is 4.19. The molecule has 1 fully saturated rings. The van der Waals surface area contributed by atoms with Crippen LogP contribution in [0.5, 0.6) is 0 Å². The van der Waals surface area contributed by atoms with E-state index in [4.69, 9.17) is 16.3 Å². The van der Waals surface area contributed by atoms with Crippen molar-refractivity contribution in [1.29, 1.82) is 0 Å². The molecule has 1 aromatic rings. The maximum Gasteiger partial charge on any atom is 0.0944 e. The molecular formula is C10H10BrClO. The molecule has 2 rings (SSSR count). The van der Waals surface area contributed by atoms with Crippen molar-refractivity contribution in [3.8, 4) is 0 Å². The van der Waals surface area contributed by atoms with E-state index in [9.17, 15) is 0 Å². The molecule has 1 aliphatic rings. The Hall–Kier alpha value is -0.0500. The Kier molecular flexibility index (Phi) is 2.39. The summed E-state index contributed by atoms with van der Waals surface area (Å²) < 4.78 is 6.52. The fraction of sp³-hybridized carbons (Fsp3) is 0.400. The molecule has 0 heterocycles. The molecule has 1 saturated carbocycles. The second kappa shape index (κ2) is 3.26. The summed E-state index contributed by atoms with van der Waals surface area (Å²) in [5, 5.41) is 0.794. The third-order valence-electron chi connectivity index (χ3n) is 2.51. The first-order valence-corrected chi connectivity index (χ1v) is 5.36. The molecule has 0 aromatic heterocycles. The Morgan fingerprint density at radius 3 is 2.69 bits per heavy atom. The van der Waals surface area contributed by atoms with Crippen LogP contribution in [0.2, 0.25) is 5.02 Å². The zero-order chi connectivity index (χ0) is 9.47. The van der Waals surface area contributed by atoms with Gasteiger partial charge in [-0.1, -0.05) is 27.5 Å². The molecule has 0 N–H and O–H groups in total. The number of benzene rings is 1. The smallest absolute Gasteiger partial charge is 0.0944 e. The van der Waals surface area contributed by atoms with Crippen LogP contribution < -0.4 is 0 Å². The molecule has 0 saturated heterocycles. The first-order chi connectivity index (χ1) is 6.18. The lowest BCUT2D eigenvalue weighted by molar-refractivity contribution is 0.0789. The number of hydrogen-bond acceptors (Lipinski definition) is 1. The minimum atomic E-state index is -0.0964. The van der Waals surface area contributed by atoms with E-state index in [1.54, 1.807) is 7.11 Å². The van der Waals surface area contributed by atoms with E-state index < -0.39 is 0 Å². The van der Waals surface area contributed by atoms with Crippen LogP contribution in [-0.4, -0.2) is 7.11 Å². The van der Waals surface area contributed by atoms with Gasteiger partial charge in [-0.05, 0) is 31.0 Å². The van der Waals surface area contributed by atoms with Gasteiger partial charge in [-0.2, -0.15) is 0 Å². The van der Waals surface area contributed by atoms with Crippen molar-refractivity contribution in [2.45, 2.75) is 18.4 Å². The van der Waals surface area contributed by atoms with Crippen molar-refractivity contribution < 1.29 is 4.74 Å². The molecular weight excluding hydrogens is 251 g/mol. The van der Waals surface area contributed by atoms with Crippen LogP contribution in [0.15, 0.2) is 22.7 Å². The second-order valence-electron chi connectivity index (χ2n) is 3.32. The maximum atomic E-state index is 6.10. The summed E-state index contributed by atoms with van der Waals surface area (Å²) in [5.41, 5.74) is 1.01. The molecule has 0 amide bonds. The Labute approximate surface area is 91.2 Å². The minimum Gasteiger partial charge on any atom is -0.373 e. The van der Waals surface area contributed by atoms with Crippen LogP contribution in [0.25, 0.3) is 0 Å². The lowest BCUT2D eigenvalue weighted by atomic mass is 10.1.